The van der Waals surface area contributed by atoms with Crippen LogP contribution in [0.25, 0.3) is 0 Å². The number of carboxylic acids is 1. The number of carbonyl (C=O) groups is 2. The Hall–Kier alpha value is -1.33. The fourth-order valence-electron chi connectivity index (χ4n) is 1.15. The molecule has 0 aromatic heterocycles. The van der Waals surface area contributed by atoms with E-state index in [1.54, 1.807) is 20.8 Å². The van der Waals surface area contributed by atoms with Gasteiger partial charge in [-0.3, -0.25) is 4.79 Å². The van der Waals surface area contributed by atoms with Crippen LogP contribution in [0, 0.1) is 5.92 Å². The molecule has 0 rings (SSSR count). The first-order valence-electron chi connectivity index (χ1n) is 5.44. The Bertz CT molecular complexity index is 273. The standard InChI is InChI=1S/C11H20FNO4/c1-7(12)8(5-9(14)15)6-13-10(16)17-11(2,3)4/h7-8H,5-6H2,1-4H3,(H,13,16)(H,14,15). The lowest BCUT2D eigenvalue weighted by molar-refractivity contribution is -0.138. The molecular formula is C11H20FNO4. The van der Waals surface area contributed by atoms with Crippen molar-refractivity contribution in [3.8, 4) is 0 Å². The van der Waals surface area contributed by atoms with Crippen molar-refractivity contribution in [2.24, 2.45) is 5.92 Å². The largest absolute Gasteiger partial charge is 0.481 e. The predicted octanol–water partition coefficient (Wildman–Crippen LogP) is 1.96. The Morgan fingerprint density at radius 3 is 2.29 bits per heavy atom. The van der Waals surface area contributed by atoms with E-state index in [-0.39, 0.29) is 13.0 Å². The minimum atomic E-state index is -1.30. The predicted molar refractivity (Wildman–Crippen MR) is 60.5 cm³/mol. The Morgan fingerprint density at radius 1 is 1.41 bits per heavy atom. The topological polar surface area (TPSA) is 75.6 Å². The van der Waals surface area contributed by atoms with E-state index in [1.807, 2.05) is 0 Å². The fraction of sp³-hybridized carbons (Fsp3) is 0.818. The molecule has 2 N–H and O–H groups in total. The zero-order valence-electron chi connectivity index (χ0n) is 10.6. The second-order valence-electron chi connectivity index (χ2n) is 4.92. The van der Waals surface area contributed by atoms with Gasteiger partial charge in [0.2, 0.25) is 0 Å². The maximum atomic E-state index is 13.1. The number of carboxylic acid groups (broad SMARTS) is 1. The van der Waals surface area contributed by atoms with Crippen LogP contribution < -0.4 is 5.32 Å². The molecule has 0 aliphatic rings. The fourth-order valence-corrected chi connectivity index (χ4v) is 1.15. The zero-order chi connectivity index (χ0) is 13.6. The van der Waals surface area contributed by atoms with Crippen molar-refractivity contribution in [1.29, 1.82) is 0 Å². The number of nitrogens with one attached hydrogen (secondary N) is 1. The van der Waals surface area contributed by atoms with E-state index < -0.39 is 29.8 Å². The number of rotatable bonds is 5. The van der Waals surface area contributed by atoms with Crippen LogP contribution in [-0.2, 0) is 9.53 Å². The van der Waals surface area contributed by atoms with Crippen LogP contribution in [0.3, 0.4) is 0 Å². The number of alkyl halides is 1. The molecule has 0 bridgehead atoms. The molecule has 0 saturated carbocycles. The van der Waals surface area contributed by atoms with Gasteiger partial charge < -0.3 is 15.2 Å². The van der Waals surface area contributed by atoms with Gasteiger partial charge in [0.1, 0.15) is 11.8 Å². The normalized spacial score (nSPS) is 14.9. The molecule has 17 heavy (non-hydrogen) atoms. The van der Waals surface area contributed by atoms with Gasteiger partial charge in [-0.25, -0.2) is 9.18 Å². The van der Waals surface area contributed by atoms with Gasteiger partial charge in [-0.1, -0.05) is 0 Å². The lowest BCUT2D eigenvalue weighted by Gasteiger charge is -2.21. The van der Waals surface area contributed by atoms with E-state index in [2.05, 4.69) is 5.32 Å². The van der Waals surface area contributed by atoms with Crippen LogP contribution in [0.15, 0.2) is 0 Å². The number of hydrogen-bond donors (Lipinski definition) is 2. The first-order valence-corrected chi connectivity index (χ1v) is 5.44. The highest BCUT2D eigenvalue weighted by Crippen LogP contribution is 2.12. The Kier molecular flexibility index (Phi) is 5.91. The highest BCUT2D eigenvalue weighted by molar-refractivity contribution is 5.69. The summed E-state index contributed by atoms with van der Waals surface area (Å²) in [5.74, 6) is -1.84. The molecule has 2 unspecified atom stereocenters. The van der Waals surface area contributed by atoms with E-state index in [4.69, 9.17) is 9.84 Å². The van der Waals surface area contributed by atoms with Gasteiger partial charge in [-0.15, -0.1) is 0 Å². The summed E-state index contributed by atoms with van der Waals surface area (Å²) in [5.41, 5.74) is -0.631. The number of carbonyl (C=O) groups excluding carboxylic acids is 1. The summed E-state index contributed by atoms with van der Waals surface area (Å²) in [6, 6.07) is 0. The van der Waals surface area contributed by atoms with E-state index in [9.17, 15) is 14.0 Å². The molecule has 0 aromatic rings. The highest BCUT2D eigenvalue weighted by Gasteiger charge is 2.22. The molecule has 0 spiro atoms. The SMILES string of the molecule is CC(F)C(CNC(=O)OC(C)(C)C)CC(=O)O. The number of amides is 1. The number of halogens is 1. The monoisotopic (exact) mass is 249 g/mol. The highest BCUT2D eigenvalue weighted by atomic mass is 19.1. The van der Waals surface area contributed by atoms with Crippen molar-refractivity contribution < 1.29 is 23.8 Å². The zero-order valence-corrected chi connectivity index (χ0v) is 10.6. The second kappa shape index (κ2) is 6.42. The van der Waals surface area contributed by atoms with Crippen LogP contribution >= 0.6 is 0 Å². The van der Waals surface area contributed by atoms with E-state index in [1.165, 1.54) is 6.92 Å². The Labute approximate surface area is 100 Å². The molecule has 1 amide bonds. The van der Waals surface area contributed by atoms with Crippen LogP contribution in [0.1, 0.15) is 34.1 Å². The summed E-state index contributed by atoms with van der Waals surface area (Å²) in [7, 11) is 0. The average Bonchev–Trinajstić information content (AvgIpc) is 2.08. The van der Waals surface area contributed by atoms with Crippen LogP contribution in [0.2, 0.25) is 0 Å². The molecule has 100 valence electrons. The van der Waals surface area contributed by atoms with Crippen molar-refractivity contribution in [1.82, 2.24) is 5.32 Å². The maximum absolute atomic E-state index is 13.1. The third kappa shape index (κ3) is 8.47. The summed E-state index contributed by atoms with van der Waals surface area (Å²) >= 11 is 0. The van der Waals surface area contributed by atoms with Crippen molar-refractivity contribution in [3.63, 3.8) is 0 Å². The molecule has 0 aromatic carbocycles. The van der Waals surface area contributed by atoms with Crippen LogP contribution in [0.4, 0.5) is 9.18 Å². The van der Waals surface area contributed by atoms with Crippen LogP contribution in [-0.4, -0.2) is 35.5 Å². The molecule has 0 fully saturated rings. The summed E-state index contributed by atoms with van der Waals surface area (Å²) in [5, 5.41) is 10.9. The van der Waals surface area contributed by atoms with E-state index in [0.717, 1.165) is 0 Å². The molecule has 0 saturated heterocycles. The Morgan fingerprint density at radius 2 is 1.94 bits per heavy atom. The lowest BCUT2D eigenvalue weighted by atomic mass is 10.0. The van der Waals surface area contributed by atoms with Crippen molar-refractivity contribution >= 4 is 12.1 Å². The minimum Gasteiger partial charge on any atom is -0.481 e. The van der Waals surface area contributed by atoms with Gasteiger partial charge in [0, 0.05) is 12.5 Å². The molecular weight excluding hydrogens is 229 g/mol. The van der Waals surface area contributed by atoms with Crippen molar-refractivity contribution in [2.45, 2.75) is 45.9 Å². The molecule has 2 atom stereocenters. The van der Waals surface area contributed by atoms with Gasteiger partial charge in [0.25, 0.3) is 0 Å². The third-order valence-corrected chi connectivity index (χ3v) is 1.99. The van der Waals surface area contributed by atoms with Gasteiger partial charge in [0.05, 0.1) is 6.42 Å². The van der Waals surface area contributed by atoms with Crippen molar-refractivity contribution in [3.05, 3.63) is 0 Å². The Balaban J connectivity index is 4.13. The summed E-state index contributed by atoms with van der Waals surface area (Å²) < 4.78 is 18.0. The molecule has 0 radical (unpaired) electrons. The van der Waals surface area contributed by atoms with Gasteiger partial charge in [-0.05, 0) is 27.7 Å². The summed E-state index contributed by atoms with van der Waals surface area (Å²) in [6.07, 6.45) is -2.30. The first kappa shape index (κ1) is 15.7. The maximum Gasteiger partial charge on any atom is 0.407 e. The number of ether oxygens (including phenoxy) is 1. The average molecular weight is 249 g/mol. The van der Waals surface area contributed by atoms with Gasteiger partial charge in [-0.2, -0.15) is 0 Å². The van der Waals surface area contributed by atoms with Crippen LogP contribution in [0.5, 0.6) is 0 Å². The van der Waals surface area contributed by atoms with E-state index >= 15 is 0 Å². The quantitative estimate of drug-likeness (QED) is 0.781. The number of hydrogen-bond acceptors (Lipinski definition) is 3. The number of aliphatic carboxylic acids is 1. The molecule has 5 nitrogen and oxygen atoms in total. The summed E-state index contributed by atoms with van der Waals surface area (Å²) in [4.78, 5) is 21.7. The first-order chi connectivity index (χ1) is 7.61. The molecule has 0 aliphatic heterocycles. The van der Waals surface area contributed by atoms with Gasteiger partial charge >= 0.3 is 12.1 Å². The minimum absolute atomic E-state index is 0.0567. The molecule has 6 heteroatoms. The second-order valence-corrected chi connectivity index (χ2v) is 4.92. The molecule has 0 heterocycles. The molecule has 0 aliphatic carbocycles. The lowest BCUT2D eigenvalue weighted by Crippen LogP contribution is -2.37. The van der Waals surface area contributed by atoms with E-state index in [0.29, 0.717) is 0 Å². The smallest absolute Gasteiger partial charge is 0.407 e. The van der Waals surface area contributed by atoms with Gasteiger partial charge in [0.15, 0.2) is 0 Å². The third-order valence-electron chi connectivity index (χ3n) is 1.99. The van der Waals surface area contributed by atoms with Crippen molar-refractivity contribution in [2.75, 3.05) is 6.54 Å². The number of alkyl carbamates (subject to hydrolysis) is 1. The summed E-state index contributed by atoms with van der Waals surface area (Å²) in [6.45, 7) is 6.33.